The van der Waals surface area contributed by atoms with E-state index < -0.39 is 6.10 Å². The molecule has 6 nitrogen and oxygen atoms in total. The first-order valence-electron chi connectivity index (χ1n) is 23.1. The van der Waals surface area contributed by atoms with Crippen molar-refractivity contribution in [1.29, 1.82) is 0 Å². The average molecular weight is 793 g/mol. The fourth-order valence-corrected chi connectivity index (χ4v) is 5.96. The first-order chi connectivity index (χ1) is 28.0. The molecule has 0 saturated carbocycles. The van der Waals surface area contributed by atoms with E-state index in [0.717, 1.165) is 128 Å². The largest absolute Gasteiger partial charge is 0.462 e. The lowest BCUT2D eigenvalue weighted by molar-refractivity contribution is -0.167. The molecule has 1 atom stereocenters. The lowest BCUT2D eigenvalue weighted by Crippen LogP contribution is -2.30. The van der Waals surface area contributed by atoms with E-state index >= 15 is 0 Å². The van der Waals surface area contributed by atoms with Gasteiger partial charge >= 0.3 is 17.9 Å². The fraction of sp³-hybridized carbons (Fsp3) is 0.667. The molecular formula is C51H84O6. The lowest BCUT2D eigenvalue weighted by atomic mass is 10.1. The molecule has 0 aromatic carbocycles. The summed E-state index contributed by atoms with van der Waals surface area (Å²) in [5, 5.41) is 0. The topological polar surface area (TPSA) is 78.9 Å². The van der Waals surface area contributed by atoms with E-state index in [0.29, 0.717) is 19.3 Å². The van der Waals surface area contributed by atoms with Crippen molar-refractivity contribution in [1.82, 2.24) is 0 Å². The third-order valence-electron chi connectivity index (χ3n) is 9.43. The van der Waals surface area contributed by atoms with E-state index in [9.17, 15) is 14.4 Å². The summed E-state index contributed by atoms with van der Waals surface area (Å²) < 4.78 is 16.7. The van der Waals surface area contributed by atoms with Gasteiger partial charge in [0.15, 0.2) is 6.10 Å². The van der Waals surface area contributed by atoms with Crippen molar-refractivity contribution in [3.8, 4) is 0 Å². The minimum absolute atomic E-state index is 0.0967. The third-order valence-corrected chi connectivity index (χ3v) is 9.43. The summed E-state index contributed by atoms with van der Waals surface area (Å²) in [5.41, 5.74) is 0. The lowest BCUT2D eigenvalue weighted by Gasteiger charge is -2.18. The van der Waals surface area contributed by atoms with Crippen LogP contribution in [0.3, 0.4) is 0 Å². The zero-order valence-electron chi connectivity index (χ0n) is 36.8. The second-order valence-electron chi connectivity index (χ2n) is 15.0. The quantitative estimate of drug-likeness (QED) is 0.0202. The first kappa shape index (κ1) is 53.6. The van der Waals surface area contributed by atoms with E-state index in [4.69, 9.17) is 14.2 Å². The predicted octanol–water partition coefficient (Wildman–Crippen LogP) is 14.9. The molecule has 0 heterocycles. The Labute approximate surface area is 350 Å². The van der Waals surface area contributed by atoms with E-state index in [1.807, 2.05) is 6.08 Å². The summed E-state index contributed by atoms with van der Waals surface area (Å²) in [7, 11) is 0. The molecule has 0 fully saturated rings. The van der Waals surface area contributed by atoms with Crippen molar-refractivity contribution in [2.75, 3.05) is 13.2 Å². The summed E-state index contributed by atoms with van der Waals surface area (Å²) in [4.78, 5) is 37.8. The summed E-state index contributed by atoms with van der Waals surface area (Å²) in [6.45, 7) is 6.29. The van der Waals surface area contributed by atoms with Gasteiger partial charge in [-0.2, -0.15) is 0 Å². The summed E-state index contributed by atoms with van der Waals surface area (Å²) in [6.07, 6.45) is 57.1. The van der Waals surface area contributed by atoms with Gasteiger partial charge in [-0.15, -0.1) is 0 Å². The zero-order chi connectivity index (χ0) is 41.5. The maximum absolute atomic E-state index is 12.7. The van der Waals surface area contributed by atoms with Crippen molar-refractivity contribution in [2.45, 2.75) is 207 Å². The number of esters is 3. The van der Waals surface area contributed by atoms with Crippen LogP contribution in [0.4, 0.5) is 0 Å². The number of allylic oxidation sites excluding steroid dienone is 14. The van der Waals surface area contributed by atoms with Crippen LogP contribution in [0.2, 0.25) is 0 Å². The van der Waals surface area contributed by atoms with Crippen LogP contribution in [0.5, 0.6) is 0 Å². The Morgan fingerprint density at radius 1 is 0.386 bits per heavy atom. The molecule has 0 aliphatic carbocycles. The molecule has 0 rings (SSSR count). The zero-order valence-corrected chi connectivity index (χ0v) is 36.8. The standard InChI is InChI=1S/C51H84O6/c1-4-7-10-13-16-19-22-24-25-26-28-29-32-35-38-41-44-50(53)56-47-48(46-55-49(52)43-40-37-34-31-21-18-15-12-9-6-3)57-51(54)45-42-39-36-33-30-27-23-20-17-14-11-8-5-2/h7-8,10-11,14-20,23-25,48H,4-6,9,12-13,21-22,26-47H2,1-3H3/b10-7-,11-8-,17-14-,18-15-,19-16-,23-20-,25-24-. The van der Waals surface area contributed by atoms with Gasteiger partial charge in [-0.05, 0) is 89.9 Å². The van der Waals surface area contributed by atoms with Crippen LogP contribution in [0.1, 0.15) is 201 Å². The van der Waals surface area contributed by atoms with Crippen molar-refractivity contribution in [3.05, 3.63) is 85.1 Å². The number of rotatable bonds is 40. The minimum atomic E-state index is -0.795. The van der Waals surface area contributed by atoms with Gasteiger partial charge in [0.2, 0.25) is 0 Å². The molecule has 0 amide bonds. The van der Waals surface area contributed by atoms with Gasteiger partial charge in [-0.1, -0.05) is 176 Å². The highest BCUT2D eigenvalue weighted by atomic mass is 16.6. The number of hydrogen-bond acceptors (Lipinski definition) is 6. The average Bonchev–Trinajstić information content (AvgIpc) is 3.21. The molecule has 0 aliphatic heterocycles. The Morgan fingerprint density at radius 3 is 1.28 bits per heavy atom. The van der Waals surface area contributed by atoms with Gasteiger partial charge in [0, 0.05) is 19.3 Å². The van der Waals surface area contributed by atoms with Crippen molar-refractivity contribution >= 4 is 17.9 Å². The van der Waals surface area contributed by atoms with Crippen LogP contribution in [0, 0.1) is 0 Å². The van der Waals surface area contributed by atoms with Crippen molar-refractivity contribution in [2.24, 2.45) is 0 Å². The SMILES string of the molecule is CC\C=C/C=C\C=C/CCCCCCCC(=O)OC(COC(=O)CCCCCC/C=C\CCCC)COC(=O)CCCCCCCC/C=C\C/C=C\C/C=C\CC. The Morgan fingerprint density at radius 2 is 0.772 bits per heavy atom. The number of unbranched alkanes of at least 4 members (excludes halogenated alkanes) is 17. The molecule has 0 saturated heterocycles. The maximum Gasteiger partial charge on any atom is 0.306 e. The van der Waals surface area contributed by atoms with Gasteiger partial charge in [0.25, 0.3) is 0 Å². The van der Waals surface area contributed by atoms with E-state index in [2.05, 4.69) is 99.8 Å². The second-order valence-corrected chi connectivity index (χ2v) is 15.0. The Kier molecular flexibility index (Phi) is 42.6. The molecule has 0 radical (unpaired) electrons. The summed E-state index contributed by atoms with van der Waals surface area (Å²) in [6, 6.07) is 0. The van der Waals surface area contributed by atoms with Gasteiger partial charge in [0.05, 0.1) is 0 Å². The van der Waals surface area contributed by atoms with Gasteiger partial charge < -0.3 is 14.2 Å². The molecular weight excluding hydrogens is 709 g/mol. The Bertz CT molecular complexity index is 1140. The molecule has 57 heavy (non-hydrogen) atoms. The molecule has 0 aromatic heterocycles. The highest BCUT2D eigenvalue weighted by Crippen LogP contribution is 2.13. The molecule has 6 heteroatoms. The van der Waals surface area contributed by atoms with Crippen LogP contribution in [-0.4, -0.2) is 37.2 Å². The van der Waals surface area contributed by atoms with E-state index in [1.54, 1.807) is 0 Å². The van der Waals surface area contributed by atoms with Gasteiger partial charge in [-0.25, -0.2) is 0 Å². The van der Waals surface area contributed by atoms with Crippen LogP contribution >= 0.6 is 0 Å². The number of carbonyl (C=O) groups excluding carboxylic acids is 3. The molecule has 0 N–H and O–H groups in total. The molecule has 324 valence electrons. The van der Waals surface area contributed by atoms with E-state index in [1.165, 1.54) is 32.1 Å². The van der Waals surface area contributed by atoms with Crippen LogP contribution in [0.25, 0.3) is 0 Å². The van der Waals surface area contributed by atoms with Crippen molar-refractivity contribution < 1.29 is 28.6 Å². The molecule has 0 spiro atoms. The summed E-state index contributed by atoms with van der Waals surface area (Å²) in [5.74, 6) is -0.951. The smallest absolute Gasteiger partial charge is 0.306 e. The number of hydrogen-bond donors (Lipinski definition) is 0. The molecule has 1 unspecified atom stereocenters. The Hall–Kier alpha value is -3.41. The van der Waals surface area contributed by atoms with E-state index in [-0.39, 0.29) is 31.1 Å². The van der Waals surface area contributed by atoms with Gasteiger partial charge in [-0.3, -0.25) is 14.4 Å². The van der Waals surface area contributed by atoms with Crippen LogP contribution in [-0.2, 0) is 28.6 Å². The fourth-order valence-electron chi connectivity index (χ4n) is 5.96. The number of ether oxygens (including phenoxy) is 3. The van der Waals surface area contributed by atoms with Gasteiger partial charge in [0.1, 0.15) is 13.2 Å². The maximum atomic E-state index is 12.7. The second kappa shape index (κ2) is 45.3. The van der Waals surface area contributed by atoms with Crippen LogP contribution in [0.15, 0.2) is 85.1 Å². The highest BCUT2D eigenvalue weighted by molar-refractivity contribution is 5.71. The first-order valence-corrected chi connectivity index (χ1v) is 23.1. The summed E-state index contributed by atoms with van der Waals surface area (Å²) >= 11 is 0. The molecule has 0 aliphatic rings. The van der Waals surface area contributed by atoms with Crippen molar-refractivity contribution in [3.63, 3.8) is 0 Å². The molecule has 0 aromatic rings. The highest BCUT2D eigenvalue weighted by Gasteiger charge is 2.19. The molecule has 0 bridgehead atoms. The Balaban J connectivity index is 4.43. The third kappa shape index (κ3) is 43.6. The minimum Gasteiger partial charge on any atom is -0.462 e. The number of carbonyl (C=O) groups is 3. The van der Waals surface area contributed by atoms with Crippen LogP contribution < -0.4 is 0 Å². The monoisotopic (exact) mass is 793 g/mol. The normalized spacial score (nSPS) is 12.8. The predicted molar refractivity (Wildman–Crippen MR) is 242 cm³/mol.